The summed E-state index contributed by atoms with van der Waals surface area (Å²) in [7, 11) is 1.59. The average Bonchev–Trinajstić information content (AvgIpc) is 3.36. The number of aryl methyl sites for hydroxylation is 3. The summed E-state index contributed by atoms with van der Waals surface area (Å²) in [6.07, 6.45) is 0.764. The molecule has 166 valence electrons. The Bertz CT molecular complexity index is 1340. The molecule has 0 aliphatic heterocycles. The number of aromatic nitrogens is 4. The summed E-state index contributed by atoms with van der Waals surface area (Å²) >= 11 is 4.04. The molecule has 0 saturated carbocycles. The van der Waals surface area contributed by atoms with Gasteiger partial charge in [0, 0.05) is 4.88 Å². The van der Waals surface area contributed by atoms with E-state index in [4.69, 9.17) is 9.72 Å². The molecule has 0 aliphatic carbocycles. The fourth-order valence-electron chi connectivity index (χ4n) is 3.06. The molecule has 0 spiro atoms. The summed E-state index contributed by atoms with van der Waals surface area (Å²) in [5.74, 6) is 0.539. The van der Waals surface area contributed by atoms with E-state index >= 15 is 0 Å². The van der Waals surface area contributed by atoms with E-state index in [0.29, 0.717) is 31.9 Å². The number of carbonyl (C=O) groups is 1. The first-order valence-corrected chi connectivity index (χ1v) is 12.4. The maximum Gasteiger partial charge on any atom is 0.267 e. The molecule has 0 unspecified atom stereocenters. The topological polar surface area (TPSA) is 99.0 Å². The summed E-state index contributed by atoms with van der Waals surface area (Å²) in [6, 6.07) is 7.19. The van der Waals surface area contributed by atoms with Crippen LogP contribution in [-0.2, 0) is 11.2 Å². The smallest absolute Gasteiger partial charge is 0.267 e. The van der Waals surface area contributed by atoms with Gasteiger partial charge in [-0.15, -0.1) is 21.5 Å². The standard InChI is InChI=1S/C21H21N5O3S3/c1-5-16-24-25-20(32-16)22-15(27)10-30-21-23-18-17(11(2)12(3)31-18)19(28)26(21)13-6-8-14(29-4)9-7-13/h6-9H,5,10H2,1-4H3,(H,22,25,27). The number of amides is 1. The van der Waals surface area contributed by atoms with Gasteiger partial charge in [0.2, 0.25) is 11.0 Å². The molecule has 1 amide bonds. The summed E-state index contributed by atoms with van der Waals surface area (Å²) < 4.78 is 6.79. The second-order valence-corrected chi connectivity index (χ2v) is 10.1. The monoisotopic (exact) mass is 487 g/mol. The van der Waals surface area contributed by atoms with Crippen molar-refractivity contribution >= 4 is 55.7 Å². The van der Waals surface area contributed by atoms with Crippen molar-refractivity contribution in [2.75, 3.05) is 18.2 Å². The van der Waals surface area contributed by atoms with Crippen molar-refractivity contribution in [3.63, 3.8) is 0 Å². The molecule has 3 heterocycles. The Labute approximate surface area is 196 Å². The highest BCUT2D eigenvalue weighted by atomic mass is 32.2. The van der Waals surface area contributed by atoms with Crippen LogP contribution >= 0.6 is 34.4 Å². The molecular formula is C21H21N5O3S3. The van der Waals surface area contributed by atoms with Gasteiger partial charge >= 0.3 is 0 Å². The quantitative estimate of drug-likeness (QED) is 0.308. The van der Waals surface area contributed by atoms with Gasteiger partial charge in [-0.1, -0.05) is 30.0 Å². The zero-order chi connectivity index (χ0) is 22.8. The minimum atomic E-state index is -0.233. The number of hydrogen-bond acceptors (Lipinski definition) is 9. The molecule has 0 aliphatic rings. The lowest BCUT2D eigenvalue weighted by atomic mass is 10.2. The Balaban J connectivity index is 1.68. The van der Waals surface area contributed by atoms with Crippen LogP contribution in [0, 0.1) is 13.8 Å². The van der Waals surface area contributed by atoms with Crippen LogP contribution in [0.2, 0.25) is 0 Å². The van der Waals surface area contributed by atoms with Crippen molar-refractivity contribution in [1.82, 2.24) is 19.7 Å². The van der Waals surface area contributed by atoms with Crippen molar-refractivity contribution in [1.29, 1.82) is 0 Å². The number of rotatable bonds is 7. The number of ether oxygens (including phenoxy) is 1. The zero-order valence-electron chi connectivity index (χ0n) is 18.0. The van der Waals surface area contributed by atoms with Gasteiger partial charge in [0.05, 0.1) is 23.9 Å². The van der Waals surface area contributed by atoms with E-state index in [1.165, 1.54) is 34.4 Å². The molecular weight excluding hydrogens is 466 g/mol. The Morgan fingerprint density at radius 2 is 1.94 bits per heavy atom. The number of nitrogens with one attached hydrogen (secondary N) is 1. The third-order valence-electron chi connectivity index (χ3n) is 4.85. The summed E-state index contributed by atoms with van der Waals surface area (Å²) in [5.41, 5.74) is 1.44. The molecule has 0 radical (unpaired) electrons. The Kier molecular flexibility index (Phi) is 6.58. The number of thiophene rings is 1. The van der Waals surface area contributed by atoms with E-state index in [9.17, 15) is 9.59 Å². The average molecular weight is 488 g/mol. The van der Waals surface area contributed by atoms with Gasteiger partial charge < -0.3 is 4.74 Å². The summed E-state index contributed by atoms with van der Waals surface area (Å²) in [5, 5.41) is 13.1. The second-order valence-electron chi connectivity index (χ2n) is 6.89. The van der Waals surface area contributed by atoms with Crippen molar-refractivity contribution < 1.29 is 9.53 Å². The molecule has 8 nitrogen and oxygen atoms in total. The van der Waals surface area contributed by atoms with Crippen LogP contribution in [0.15, 0.2) is 34.2 Å². The van der Waals surface area contributed by atoms with E-state index in [1.807, 2.05) is 20.8 Å². The first-order chi connectivity index (χ1) is 15.4. The van der Waals surface area contributed by atoms with Crippen molar-refractivity contribution in [2.45, 2.75) is 32.3 Å². The van der Waals surface area contributed by atoms with Crippen molar-refractivity contribution in [3.05, 3.63) is 50.1 Å². The van der Waals surface area contributed by atoms with E-state index in [0.717, 1.165) is 21.9 Å². The normalized spacial score (nSPS) is 11.1. The SMILES string of the molecule is CCc1nnc(NC(=O)CSc2nc3sc(C)c(C)c3c(=O)n2-c2ccc(OC)cc2)s1. The number of hydrogen-bond donors (Lipinski definition) is 1. The van der Waals surface area contributed by atoms with Crippen LogP contribution < -0.4 is 15.6 Å². The number of fused-ring (bicyclic) bond motifs is 1. The van der Waals surface area contributed by atoms with Crippen LogP contribution in [0.5, 0.6) is 5.75 Å². The van der Waals surface area contributed by atoms with Gasteiger partial charge in [-0.2, -0.15) is 0 Å². The lowest BCUT2D eigenvalue weighted by Gasteiger charge is -2.12. The van der Waals surface area contributed by atoms with E-state index in [2.05, 4.69) is 15.5 Å². The largest absolute Gasteiger partial charge is 0.497 e. The van der Waals surface area contributed by atoms with E-state index < -0.39 is 0 Å². The first kappa shape index (κ1) is 22.4. The molecule has 0 atom stereocenters. The van der Waals surface area contributed by atoms with E-state index in [-0.39, 0.29) is 17.2 Å². The Morgan fingerprint density at radius 1 is 1.19 bits per heavy atom. The zero-order valence-corrected chi connectivity index (χ0v) is 20.4. The number of methoxy groups -OCH3 is 1. The second kappa shape index (κ2) is 9.39. The third-order valence-corrected chi connectivity index (χ3v) is 7.87. The maximum atomic E-state index is 13.5. The minimum absolute atomic E-state index is 0.0818. The maximum absolute atomic E-state index is 13.5. The summed E-state index contributed by atoms with van der Waals surface area (Å²) in [6.45, 7) is 5.89. The third kappa shape index (κ3) is 4.41. The number of nitrogens with zero attached hydrogens (tertiary/aromatic N) is 4. The molecule has 0 fully saturated rings. The Morgan fingerprint density at radius 3 is 2.59 bits per heavy atom. The molecule has 0 saturated heterocycles. The van der Waals surface area contributed by atoms with Crippen molar-refractivity contribution in [2.24, 2.45) is 0 Å². The molecule has 11 heteroatoms. The predicted octanol–water partition coefficient (Wildman–Crippen LogP) is 4.22. The van der Waals surface area contributed by atoms with Gasteiger partial charge in [-0.05, 0) is 50.1 Å². The molecule has 3 aromatic heterocycles. The first-order valence-electron chi connectivity index (χ1n) is 9.83. The van der Waals surface area contributed by atoms with Crippen LogP contribution in [0.1, 0.15) is 22.4 Å². The number of anilines is 1. The number of thioether (sulfide) groups is 1. The van der Waals surface area contributed by atoms with Crippen LogP contribution in [0.3, 0.4) is 0 Å². The van der Waals surface area contributed by atoms with Crippen LogP contribution in [0.25, 0.3) is 15.9 Å². The van der Waals surface area contributed by atoms with Crippen molar-refractivity contribution in [3.8, 4) is 11.4 Å². The number of carbonyl (C=O) groups excluding carboxylic acids is 1. The fraction of sp³-hybridized carbons (Fsp3) is 0.286. The highest BCUT2D eigenvalue weighted by Crippen LogP contribution is 2.30. The highest BCUT2D eigenvalue weighted by Gasteiger charge is 2.19. The van der Waals surface area contributed by atoms with Crippen LogP contribution in [-0.4, -0.2) is 38.5 Å². The fourth-order valence-corrected chi connectivity index (χ4v) is 5.64. The van der Waals surface area contributed by atoms with Gasteiger partial charge in [0.1, 0.15) is 15.6 Å². The van der Waals surface area contributed by atoms with E-state index in [1.54, 1.807) is 35.9 Å². The lowest BCUT2D eigenvalue weighted by Crippen LogP contribution is -2.22. The molecule has 4 rings (SSSR count). The van der Waals surface area contributed by atoms with Gasteiger partial charge in [-0.25, -0.2) is 4.98 Å². The predicted molar refractivity (Wildman–Crippen MR) is 130 cm³/mol. The minimum Gasteiger partial charge on any atom is -0.497 e. The Hall–Kier alpha value is -2.76. The van der Waals surface area contributed by atoms with Gasteiger partial charge in [0.25, 0.3) is 5.56 Å². The molecule has 0 bridgehead atoms. The lowest BCUT2D eigenvalue weighted by molar-refractivity contribution is -0.113. The summed E-state index contributed by atoms with van der Waals surface area (Å²) in [4.78, 5) is 32.4. The molecule has 4 aromatic rings. The molecule has 32 heavy (non-hydrogen) atoms. The molecule has 1 N–H and O–H groups in total. The van der Waals surface area contributed by atoms with Gasteiger partial charge in [-0.3, -0.25) is 19.5 Å². The van der Waals surface area contributed by atoms with Gasteiger partial charge in [0.15, 0.2) is 5.16 Å². The molecule has 1 aromatic carbocycles. The highest BCUT2D eigenvalue weighted by molar-refractivity contribution is 7.99. The number of benzene rings is 1. The van der Waals surface area contributed by atoms with Crippen LogP contribution in [0.4, 0.5) is 5.13 Å².